The lowest BCUT2D eigenvalue weighted by atomic mass is 10.0. The highest BCUT2D eigenvalue weighted by Crippen LogP contribution is 2.26. The van der Waals surface area contributed by atoms with Crippen LogP contribution in [0.2, 0.25) is 0 Å². The van der Waals surface area contributed by atoms with E-state index in [9.17, 15) is 19.1 Å². The molecule has 3 rings (SSSR count). The number of nitrogens with zero attached hydrogens (tertiary/aromatic N) is 2. The molecule has 0 saturated heterocycles. The third-order valence-electron chi connectivity index (χ3n) is 4.12. The molecule has 3 aromatic rings. The summed E-state index contributed by atoms with van der Waals surface area (Å²) in [7, 11) is 0. The Labute approximate surface area is 176 Å². The van der Waals surface area contributed by atoms with Crippen molar-refractivity contribution in [3.8, 4) is 11.8 Å². The zero-order valence-electron chi connectivity index (χ0n) is 16.4. The number of amides is 1. The average molecular weight is 429 g/mol. The molecule has 0 spiro atoms. The highest BCUT2D eigenvalue weighted by Gasteiger charge is 2.22. The Morgan fingerprint density at radius 1 is 1.37 bits per heavy atom. The number of aromatic amines is 1. The summed E-state index contributed by atoms with van der Waals surface area (Å²) in [5, 5.41) is 19.0. The SMILES string of the molecule is Cc1cc(NC(=O)CCl)c(C(=O)c2ccc(F)c3[nH]ncc23)nc1C#CC(C)(C)O. The number of rotatable bonds is 4. The van der Waals surface area contributed by atoms with Gasteiger partial charge in [-0.1, -0.05) is 5.92 Å². The van der Waals surface area contributed by atoms with E-state index in [0.29, 0.717) is 5.56 Å². The number of pyridine rings is 1. The Hall–Kier alpha value is -3.28. The summed E-state index contributed by atoms with van der Waals surface area (Å²) >= 11 is 5.58. The van der Waals surface area contributed by atoms with E-state index in [1.54, 1.807) is 13.0 Å². The summed E-state index contributed by atoms with van der Waals surface area (Å²) < 4.78 is 14.0. The van der Waals surface area contributed by atoms with E-state index in [1.807, 2.05) is 0 Å². The number of hydrogen-bond acceptors (Lipinski definition) is 5. The molecule has 9 heteroatoms. The first-order chi connectivity index (χ1) is 14.1. The van der Waals surface area contributed by atoms with Gasteiger partial charge in [-0.15, -0.1) is 11.6 Å². The summed E-state index contributed by atoms with van der Waals surface area (Å²) in [6.07, 6.45) is 1.34. The lowest BCUT2D eigenvalue weighted by Gasteiger charge is -2.12. The van der Waals surface area contributed by atoms with Crippen LogP contribution in [-0.4, -0.2) is 43.5 Å². The number of fused-ring (bicyclic) bond motifs is 1. The van der Waals surface area contributed by atoms with Gasteiger partial charge in [-0.2, -0.15) is 5.10 Å². The van der Waals surface area contributed by atoms with E-state index in [4.69, 9.17) is 11.6 Å². The first-order valence-electron chi connectivity index (χ1n) is 8.90. The molecule has 7 nitrogen and oxygen atoms in total. The van der Waals surface area contributed by atoms with Crippen molar-refractivity contribution in [1.29, 1.82) is 0 Å². The second-order valence-corrected chi connectivity index (χ2v) is 7.39. The van der Waals surface area contributed by atoms with E-state index in [1.165, 1.54) is 26.1 Å². The normalized spacial score (nSPS) is 11.1. The van der Waals surface area contributed by atoms with E-state index in [-0.39, 0.29) is 39.4 Å². The van der Waals surface area contributed by atoms with Gasteiger partial charge < -0.3 is 10.4 Å². The van der Waals surface area contributed by atoms with E-state index in [0.717, 1.165) is 6.07 Å². The minimum atomic E-state index is -1.26. The number of halogens is 2. The lowest BCUT2D eigenvalue weighted by Crippen LogP contribution is -2.18. The predicted octanol–water partition coefficient (Wildman–Crippen LogP) is 2.94. The van der Waals surface area contributed by atoms with Crippen LogP contribution in [0.5, 0.6) is 0 Å². The fourth-order valence-electron chi connectivity index (χ4n) is 2.73. The first-order valence-corrected chi connectivity index (χ1v) is 9.43. The molecule has 0 atom stereocenters. The van der Waals surface area contributed by atoms with Crippen LogP contribution >= 0.6 is 11.6 Å². The van der Waals surface area contributed by atoms with Crippen LogP contribution in [0.15, 0.2) is 24.4 Å². The third-order valence-corrected chi connectivity index (χ3v) is 4.36. The number of nitrogens with one attached hydrogen (secondary N) is 2. The van der Waals surface area contributed by atoms with Crippen LogP contribution in [0.1, 0.15) is 41.2 Å². The van der Waals surface area contributed by atoms with Crippen molar-refractivity contribution >= 4 is 39.9 Å². The molecular formula is C21H18ClFN4O3. The van der Waals surface area contributed by atoms with Gasteiger partial charge in [0.25, 0.3) is 0 Å². The number of aromatic nitrogens is 3. The molecule has 1 amide bonds. The van der Waals surface area contributed by atoms with Crippen molar-refractivity contribution in [2.75, 3.05) is 11.2 Å². The van der Waals surface area contributed by atoms with Crippen LogP contribution in [-0.2, 0) is 4.79 Å². The molecule has 30 heavy (non-hydrogen) atoms. The monoisotopic (exact) mass is 428 g/mol. The maximum atomic E-state index is 14.0. The van der Waals surface area contributed by atoms with Gasteiger partial charge in [-0.25, -0.2) is 9.37 Å². The molecule has 1 aromatic carbocycles. The standard InChI is InChI=1S/C21H18ClFN4O3/c1-11-8-16(25-17(28)9-22)19(26-15(11)6-7-21(2,3)30)20(29)12-4-5-14(23)18-13(12)10-24-27-18/h4-5,8,10,30H,9H2,1-3H3,(H,24,27)(H,25,28). The molecule has 0 aliphatic heterocycles. The average Bonchev–Trinajstić information content (AvgIpc) is 3.17. The molecule has 0 unspecified atom stereocenters. The topological polar surface area (TPSA) is 108 Å². The number of carbonyl (C=O) groups is 2. The van der Waals surface area contributed by atoms with Crippen LogP contribution in [0.4, 0.5) is 10.1 Å². The molecule has 154 valence electrons. The van der Waals surface area contributed by atoms with Gasteiger partial charge in [0.1, 0.15) is 34.2 Å². The zero-order chi connectivity index (χ0) is 22.1. The number of H-pyrrole nitrogens is 1. The maximum absolute atomic E-state index is 14.0. The minimum Gasteiger partial charge on any atom is -0.378 e. The number of aryl methyl sites for hydroxylation is 1. The van der Waals surface area contributed by atoms with Gasteiger partial charge >= 0.3 is 0 Å². The summed E-state index contributed by atoms with van der Waals surface area (Å²) in [5.74, 6) is 3.46. The number of aliphatic hydroxyl groups is 1. The molecule has 0 aliphatic rings. The number of carbonyl (C=O) groups excluding carboxylic acids is 2. The summed E-state index contributed by atoms with van der Waals surface area (Å²) in [4.78, 5) is 29.5. The van der Waals surface area contributed by atoms with E-state index >= 15 is 0 Å². The van der Waals surface area contributed by atoms with Gasteiger partial charge in [0.15, 0.2) is 0 Å². The van der Waals surface area contributed by atoms with Gasteiger partial charge in [-0.05, 0) is 50.5 Å². The molecule has 0 aliphatic carbocycles. The van der Waals surface area contributed by atoms with Crippen molar-refractivity contribution in [2.24, 2.45) is 0 Å². The third kappa shape index (κ3) is 4.48. The number of hydrogen-bond donors (Lipinski definition) is 3. The second kappa shape index (κ2) is 8.22. The number of ketones is 1. The molecule has 0 radical (unpaired) electrons. The summed E-state index contributed by atoms with van der Waals surface area (Å²) in [6.45, 7) is 4.74. The van der Waals surface area contributed by atoms with E-state index < -0.39 is 23.1 Å². The number of benzene rings is 1. The molecule has 3 N–H and O–H groups in total. The van der Waals surface area contributed by atoms with Gasteiger partial charge in [-0.3, -0.25) is 14.7 Å². The van der Waals surface area contributed by atoms with Crippen LogP contribution in [0, 0.1) is 24.6 Å². The lowest BCUT2D eigenvalue weighted by molar-refractivity contribution is -0.113. The summed E-state index contributed by atoms with van der Waals surface area (Å²) in [6, 6.07) is 4.02. The largest absolute Gasteiger partial charge is 0.378 e. The maximum Gasteiger partial charge on any atom is 0.239 e. The minimum absolute atomic E-state index is 0.0846. The number of alkyl halides is 1. The van der Waals surface area contributed by atoms with Crippen molar-refractivity contribution in [1.82, 2.24) is 15.2 Å². The Morgan fingerprint density at radius 2 is 2.10 bits per heavy atom. The van der Waals surface area contributed by atoms with Crippen molar-refractivity contribution in [3.63, 3.8) is 0 Å². The molecule has 0 saturated carbocycles. The Balaban J connectivity index is 2.19. The van der Waals surface area contributed by atoms with Crippen LogP contribution in [0.3, 0.4) is 0 Å². The van der Waals surface area contributed by atoms with Crippen LogP contribution in [0.25, 0.3) is 10.9 Å². The van der Waals surface area contributed by atoms with Gasteiger partial charge in [0, 0.05) is 10.9 Å². The molecule has 2 heterocycles. The summed E-state index contributed by atoms with van der Waals surface area (Å²) in [5.41, 5.74) is -0.119. The molecule has 0 fully saturated rings. The van der Waals surface area contributed by atoms with Crippen molar-refractivity contribution in [2.45, 2.75) is 26.4 Å². The highest BCUT2D eigenvalue weighted by molar-refractivity contribution is 6.29. The van der Waals surface area contributed by atoms with Gasteiger partial charge in [0.05, 0.1) is 11.9 Å². The Kier molecular flexibility index (Phi) is 5.87. The first kappa shape index (κ1) is 21.4. The molecule has 0 bridgehead atoms. The van der Waals surface area contributed by atoms with Crippen LogP contribution < -0.4 is 5.32 Å². The number of anilines is 1. The molecule has 2 aromatic heterocycles. The molecular weight excluding hydrogens is 411 g/mol. The fourth-order valence-corrected chi connectivity index (χ4v) is 2.80. The predicted molar refractivity (Wildman–Crippen MR) is 111 cm³/mol. The quantitative estimate of drug-likeness (QED) is 0.336. The van der Waals surface area contributed by atoms with Gasteiger partial charge in [0.2, 0.25) is 11.7 Å². The second-order valence-electron chi connectivity index (χ2n) is 7.12. The highest BCUT2D eigenvalue weighted by atomic mass is 35.5. The van der Waals surface area contributed by atoms with E-state index in [2.05, 4.69) is 32.3 Å². The Bertz CT molecular complexity index is 1220. The van der Waals surface area contributed by atoms with Crippen molar-refractivity contribution in [3.05, 3.63) is 52.7 Å². The van der Waals surface area contributed by atoms with Crippen molar-refractivity contribution < 1.29 is 19.1 Å². The zero-order valence-corrected chi connectivity index (χ0v) is 17.2. The smallest absolute Gasteiger partial charge is 0.239 e. The fraction of sp³-hybridized carbons (Fsp3) is 0.238. The Morgan fingerprint density at radius 3 is 2.77 bits per heavy atom.